The van der Waals surface area contributed by atoms with Gasteiger partial charge < -0.3 is 5.73 Å². The second-order valence-electron chi connectivity index (χ2n) is 4.45. The summed E-state index contributed by atoms with van der Waals surface area (Å²) in [4.78, 5) is 5.47. The minimum atomic E-state index is 0.443. The fraction of sp³-hybridized carbons (Fsp3) is 0.214. The smallest absolute Gasteiger partial charge is 0.132 e. The zero-order chi connectivity index (χ0) is 12.5. The van der Waals surface area contributed by atoms with E-state index in [1.165, 1.54) is 35.3 Å². The molecule has 1 aromatic carbocycles. The number of aromatic nitrogens is 1. The maximum Gasteiger partial charge on any atom is 0.132 e. The Morgan fingerprint density at radius 2 is 1.94 bits per heavy atom. The van der Waals surface area contributed by atoms with Gasteiger partial charge in [0.05, 0.1) is 0 Å². The number of halogens is 1. The summed E-state index contributed by atoms with van der Waals surface area (Å²) in [5.74, 6) is 0. The van der Waals surface area contributed by atoms with Crippen molar-refractivity contribution in [2.24, 2.45) is 0 Å². The van der Waals surface area contributed by atoms with E-state index in [0.29, 0.717) is 10.8 Å². The van der Waals surface area contributed by atoms with E-state index in [0.717, 1.165) is 5.03 Å². The fourth-order valence-electron chi connectivity index (χ4n) is 2.28. The van der Waals surface area contributed by atoms with E-state index in [1.54, 1.807) is 17.8 Å². The number of fused-ring (bicyclic) bond motifs is 1. The molecule has 4 heteroatoms. The number of nitrogen functional groups attached to an aromatic ring is 1. The molecule has 0 saturated carbocycles. The first-order valence-corrected chi connectivity index (χ1v) is 7.13. The third-order valence-electron chi connectivity index (χ3n) is 3.09. The number of hydrogen-bond donors (Lipinski definition) is 1. The Morgan fingerprint density at radius 1 is 1.11 bits per heavy atom. The first-order chi connectivity index (χ1) is 8.70. The van der Waals surface area contributed by atoms with Gasteiger partial charge >= 0.3 is 0 Å². The van der Waals surface area contributed by atoms with Crippen molar-refractivity contribution in [3.05, 3.63) is 46.6 Å². The van der Waals surface area contributed by atoms with Gasteiger partial charge in [-0.15, -0.1) is 0 Å². The van der Waals surface area contributed by atoms with Gasteiger partial charge in [-0.05, 0) is 54.7 Å². The molecule has 1 aromatic heterocycles. The third-order valence-corrected chi connectivity index (χ3v) is 4.19. The van der Waals surface area contributed by atoms with Crippen molar-refractivity contribution in [3.63, 3.8) is 0 Å². The standard InChI is InChI=1S/C14H13ClN2S/c15-13-7-11(16)8-14(17-13)18-12-5-4-9-2-1-3-10(9)6-12/h4-8H,1-3H2,(H2,16,17). The molecule has 1 aliphatic carbocycles. The molecule has 2 aromatic rings. The van der Waals surface area contributed by atoms with Gasteiger partial charge in [-0.25, -0.2) is 4.98 Å². The highest BCUT2D eigenvalue weighted by Crippen LogP contribution is 2.32. The van der Waals surface area contributed by atoms with E-state index in [1.807, 2.05) is 6.07 Å². The highest BCUT2D eigenvalue weighted by atomic mass is 35.5. The number of anilines is 1. The largest absolute Gasteiger partial charge is 0.399 e. The second kappa shape index (κ2) is 4.82. The highest BCUT2D eigenvalue weighted by Gasteiger charge is 2.11. The molecule has 1 heterocycles. The van der Waals surface area contributed by atoms with Crippen molar-refractivity contribution in [2.45, 2.75) is 29.2 Å². The zero-order valence-corrected chi connectivity index (χ0v) is 11.4. The highest BCUT2D eigenvalue weighted by molar-refractivity contribution is 7.99. The van der Waals surface area contributed by atoms with Gasteiger partial charge in [0.2, 0.25) is 0 Å². The van der Waals surface area contributed by atoms with Crippen molar-refractivity contribution in [3.8, 4) is 0 Å². The van der Waals surface area contributed by atoms with Crippen molar-refractivity contribution in [1.29, 1.82) is 0 Å². The summed E-state index contributed by atoms with van der Waals surface area (Å²) >= 11 is 7.51. The van der Waals surface area contributed by atoms with Gasteiger partial charge in [0.25, 0.3) is 0 Å². The van der Waals surface area contributed by atoms with Crippen molar-refractivity contribution >= 4 is 29.1 Å². The molecule has 0 saturated heterocycles. The third kappa shape index (κ3) is 2.47. The van der Waals surface area contributed by atoms with E-state index in [4.69, 9.17) is 17.3 Å². The lowest BCUT2D eigenvalue weighted by molar-refractivity contribution is 0.911. The lowest BCUT2D eigenvalue weighted by atomic mass is 10.1. The van der Waals surface area contributed by atoms with Crippen LogP contribution in [0.25, 0.3) is 0 Å². The van der Waals surface area contributed by atoms with Crippen LogP contribution in [-0.2, 0) is 12.8 Å². The van der Waals surface area contributed by atoms with Crippen LogP contribution in [0.4, 0.5) is 5.69 Å². The van der Waals surface area contributed by atoms with Crippen molar-refractivity contribution in [2.75, 3.05) is 5.73 Å². The molecule has 0 unspecified atom stereocenters. The van der Waals surface area contributed by atoms with Crippen molar-refractivity contribution in [1.82, 2.24) is 4.98 Å². The Kier molecular flexibility index (Phi) is 3.18. The van der Waals surface area contributed by atoms with Gasteiger partial charge in [0.1, 0.15) is 10.2 Å². The maximum atomic E-state index is 5.91. The number of pyridine rings is 1. The van der Waals surface area contributed by atoms with Crippen LogP contribution in [-0.4, -0.2) is 4.98 Å². The Morgan fingerprint density at radius 3 is 2.78 bits per heavy atom. The molecular weight excluding hydrogens is 264 g/mol. The fourth-order valence-corrected chi connectivity index (χ4v) is 3.46. The van der Waals surface area contributed by atoms with Crippen LogP contribution in [0.2, 0.25) is 5.15 Å². The van der Waals surface area contributed by atoms with E-state index < -0.39 is 0 Å². The van der Waals surface area contributed by atoms with Gasteiger partial charge in [0.15, 0.2) is 0 Å². The molecule has 0 spiro atoms. The minimum absolute atomic E-state index is 0.443. The summed E-state index contributed by atoms with van der Waals surface area (Å²) in [6.45, 7) is 0. The molecular formula is C14H13ClN2S. The summed E-state index contributed by atoms with van der Waals surface area (Å²) in [5, 5.41) is 1.29. The molecule has 2 N–H and O–H groups in total. The maximum absolute atomic E-state index is 5.91. The van der Waals surface area contributed by atoms with Gasteiger partial charge in [-0.2, -0.15) is 0 Å². The molecule has 0 amide bonds. The number of hydrogen-bond acceptors (Lipinski definition) is 3. The molecule has 0 fully saturated rings. The predicted molar refractivity (Wildman–Crippen MR) is 76.2 cm³/mol. The predicted octanol–water partition coefficient (Wildman–Crippen LogP) is 3.96. The summed E-state index contributed by atoms with van der Waals surface area (Å²) in [5.41, 5.74) is 9.37. The van der Waals surface area contributed by atoms with E-state index >= 15 is 0 Å². The Bertz CT molecular complexity index is 578. The Balaban J connectivity index is 1.88. The molecule has 0 atom stereocenters. The van der Waals surface area contributed by atoms with Crippen molar-refractivity contribution < 1.29 is 0 Å². The number of rotatable bonds is 2. The molecule has 18 heavy (non-hydrogen) atoms. The minimum Gasteiger partial charge on any atom is -0.399 e. The van der Waals surface area contributed by atoms with Crippen LogP contribution >= 0.6 is 23.4 Å². The molecule has 0 aliphatic heterocycles. The lowest BCUT2D eigenvalue weighted by Crippen LogP contribution is -1.89. The second-order valence-corrected chi connectivity index (χ2v) is 5.93. The van der Waals surface area contributed by atoms with E-state index in [-0.39, 0.29) is 0 Å². The molecule has 92 valence electrons. The normalized spacial score (nSPS) is 13.6. The van der Waals surface area contributed by atoms with Crippen LogP contribution in [0.5, 0.6) is 0 Å². The zero-order valence-electron chi connectivity index (χ0n) is 9.82. The topological polar surface area (TPSA) is 38.9 Å². The van der Waals surface area contributed by atoms with Crippen LogP contribution in [0.1, 0.15) is 17.5 Å². The summed E-state index contributed by atoms with van der Waals surface area (Å²) in [6.07, 6.45) is 3.67. The molecule has 0 bridgehead atoms. The van der Waals surface area contributed by atoms with Crippen LogP contribution in [0.15, 0.2) is 40.3 Å². The summed E-state index contributed by atoms with van der Waals surface area (Å²) < 4.78 is 0. The molecule has 0 radical (unpaired) electrons. The van der Waals surface area contributed by atoms with Gasteiger partial charge in [0, 0.05) is 10.6 Å². The first kappa shape index (κ1) is 11.9. The number of aryl methyl sites for hydroxylation is 2. The quantitative estimate of drug-likeness (QED) is 0.844. The van der Waals surface area contributed by atoms with E-state index in [2.05, 4.69) is 23.2 Å². The van der Waals surface area contributed by atoms with Gasteiger partial charge in [-0.3, -0.25) is 0 Å². The number of nitrogens with two attached hydrogens (primary N) is 1. The number of benzene rings is 1. The Labute approximate surface area is 116 Å². The van der Waals surface area contributed by atoms with Crippen LogP contribution in [0.3, 0.4) is 0 Å². The van der Waals surface area contributed by atoms with Crippen LogP contribution in [0, 0.1) is 0 Å². The van der Waals surface area contributed by atoms with Crippen LogP contribution < -0.4 is 5.73 Å². The number of nitrogens with zero attached hydrogens (tertiary/aromatic N) is 1. The average molecular weight is 277 g/mol. The van der Waals surface area contributed by atoms with E-state index in [9.17, 15) is 0 Å². The molecule has 2 nitrogen and oxygen atoms in total. The first-order valence-electron chi connectivity index (χ1n) is 5.93. The lowest BCUT2D eigenvalue weighted by Gasteiger charge is -2.05. The molecule has 1 aliphatic rings. The summed E-state index contributed by atoms with van der Waals surface area (Å²) in [6, 6.07) is 10.1. The Hall–Kier alpha value is -1.19. The molecule has 3 rings (SSSR count). The SMILES string of the molecule is Nc1cc(Cl)nc(Sc2ccc3c(c2)CCC3)c1. The average Bonchev–Trinajstić information content (AvgIpc) is 2.74. The summed E-state index contributed by atoms with van der Waals surface area (Å²) in [7, 11) is 0. The monoisotopic (exact) mass is 276 g/mol. The van der Waals surface area contributed by atoms with Gasteiger partial charge in [-0.1, -0.05) is 29.4 Å².